The monoisotopic (exact) mass is 474 g/mol. The van der Waals surface area contributed by atoms with E-state index in [4.69, 9.17) is 16.3 Å². The third-order valence-electron chi connectivity index (χ3n) is 5.27. The van der Waals surface area contributed by atoms with Crippen LogP contribution in [0.2, 0.25) is 5.15 Å². The van der Waals surface area contributed by atoms with Crippen LogP contribution in [0.25, 0.3) is 11.5 Å². The van der Waals surface area contributed by atoms with Crippen molar-refractivity contribution >= 4 is 35.1 Å². The van der Waals surface area contributed by atoms with Crippen LogP contribution in [-0.2, 0) is 16.6 Å². The summed E-state index contributed by atoms with van der Waals surface area (Å²) in [4.78, 5) is 36.8. The van der Waals surface area contributed by atoms with Gasteiger partial charge in [-0.25, -0.2) is 28.8 Å². The van der Waals surface area contributed by atoms with Gasteiger partial charge >= 0.3 is 6.09 Å². The van der Waals surface area contributed by atoms with Crippen LogP contribution in [0.4, 0.5) is 20.7 Å². The van der Waals surface area contributed by atoms with Gasteiger partial charge in [0.1, 0.15) is 17.1 Å². The molecule has 13 heteroatoms. The highest BCUT2D eigenvalue weighted by molar-refractivity contribution is 6.30. The average molecular weight is 475 g/mol. The molecule has 11 nitrogen and oxygen atoms in total. The SMILES string of the molecule is C[C@@H](OC(=O)Nc1c(-c2ncc(NC(=O)C3(C)CC3)cn2)nnn1C)c1cc(F)cnc1Cl. The molecule has 33 heavy (non-hydrogen) atoms. The van der Waals surface area contributed by atoms with Gasteiger partial charge in [0.05, 0.1) is 24.3 Å². The summed E-state index contributed by atoms with van der Waals surface area (Å²) in [5, 5.41) is 13.2. The number of carbonyl (C=O) groups excluding carboxylic acids is 2. The molecule has 0 saturated heterocycles. The standard InChI is InChI=1S/C20H20ClFN8O3/c1-10(13-6-11(22)7-23-15(13)21)33-19(32)27-17-14(28-29-30(17)3)16-24-8-12(9-25-16)26-18(31)20(2)4-5-20/h6-10H,4-5H2,1-3H3,(H,26,31)(H,27,32)/t10-/m1/s1. The molecule has 4 rings (SSSR count). The highest BCUT2D eigenvalue weighted by Gasteiger charge is 2.44. The largest absolute Gasteiger partial charge is 0.441 e. The number of amides is 2. The predicted molar refractivity (Wildman–Crippen MR) is 116 cm³/mol. The third-order valence-corrected chi connectivity index (χ3v) is 5.59. The zero-order valence-corrected chi connectivity index (χ0v) is 18.7. The van der Waals surface area contributed by atoms with Gasteiger partial charge in [-0.15, -0.1) is 5.10 Å². The molecule has 0 aromatic carbocycles. The second-order valence-electron chi connectivity index (χ2n) is 7.93. The summed E-state index contributed by atoms with van der Waals surface area (Å²) in [6.07, 6.45) is 3.84. The molecule has 1 aliphatic carbocycles. The van der Waals surface area contributed by atoms with Crippen molar-refractivity contribution < 1.29 is 18.7 Å². The van der Waals surface area contributed by atoms with Gasteiger partial charge in [0.2, 0.25) is 5.91 Å². The van der Waals surface area contributed by atoms with Crippen LogP contribution in [0, 0.1) is 11.2 Å². The first kappa shape index (κ1) is 22.5. The maximum atomic E-state index is 13.5. The van der Waals surface area contributed by atoms with Crippen LogP contribution in [0.1, 0.15) is 38.4 Å². The maximum absolute atomic E-state index is 13.5. The van der Waals surface area contributed by atoms with Gasteiger partial charge in [0.15, 0.2) is 17.3 Å². The smallest absolute Gasteiger partial charge is 0.413 e. The van der Waals surface area contributed by atoms with Crippen LogP contribution < -0.4 is 10.6 Å². The summed E-state index contributed by atoms with van der Waals surface area (Å²) in [5.74, 6) is -0.324. The minimum absolute atomic E-state index is 0.0239. The molecule has 0 radical (unpaired) electrons. The molecule has 3 aromatic rings. The van der Waals surface area contributed by atoms with Gasteiger partial charge in [-0.3, -0.25) is 10.1 Å². The van der Waals surface area contributed by atoms with E-state index in [-0.39, 0.29) is 39.4 Å². The molecule has 1 atom stereocenters. The molecular formula is C20H20ClFN8O3. The highest BCUT2D eigenvalue weighted by Crippen LogP contribution is 2.45. The number of halogens is 2. The molecule has 1 fully saturated rings. The summed E-state index contributed by atoms with van der Waals surface area (Å²) in [6.45, 7) is 3.43. The van der Waals surface area contributed by atoms with E-state index < -0.39 is 18.0 Å². The minimum Gasteiger partial charge on any atom is -0.441 e. The van der Waals surface area contributed by atoms with Crippen LogP contribution in [-0.4, -0.2) is 41.9 Å². The van der Waals surface area contributed by atoms with Crippen LogP contribution >= 0.6 is 11.6 Å². The van der Waals surface area contributed by atoms with Crippen LogP contribution in [0.3, 0.4) is 0 Å². The van der Waals surface area contributed by atoms with Crippen LogP contribution in [0.5, 0.6) is 0 Å². The van der Waals surface area contributed by atoms with Gasteiger partial charge < -0.3 is 10.1 Å². The fourth-order valence-corrected chi connectivity index (χ4v) is 3.19. The number of hydrogen-bond donors (Lipinski definition) is 2. The lowest BCUT2D eigenvalue weighted by molar-refractivity contribution is -0.120. The lowest BCUT2D eigenvalue weighted by Crippen LogP contribution is -2.21. The molecule has 0 aliphatic heterocycles. The fraction of sp³-hybridized carbons (Fsp3) is 0.350. The average Bonchev–Trinajstić information content (AvgIpc) is 3.44. The maximum Gasteiger partial charge on any atom is 0.413 e. The summed E-state index contributed by atoms with van der Waals surface area (Å²) < 4.78 is 20.1. The zero-order valence-electron chi connectivity index (χ0n) is 18.0. The summed E-state index contributed by atoms with van der Waals surface area (Å²) in [7, 11) is 1.56. The summed E-state index contributed by atoms with van der Waals surface area (Å²) in [6, 6.07) is 1.14. The number of anilines is 2. The molecule has 3 aromatic heterocycles. The van der Waals surface area contributed by atoms with E-state index >= 15 is 0 Å². The van der Waals surface area contributed by atoms with Gasteiger partial charge in [-0.05, 0) is 25.8 Å². The van der Waals surface area contributed by atoms with Crippen LogP contribution in [0.15, 0.2) is 24.7 Å². The third kappa shape index (κ3) is 4.90. The highest BCUT2D eigenvalue weighted by atomic mass is 35.5. The molecule has 2 N–H and O–H groups in total. The minimum atomic E-state index is -0.877. The van der Waals surface area contributed by atoms with E-state index in [1.807, 2.05) is 6.92 Å². The number of nitrogens with one attached hydrogen (secondary N) is 2. The molecule has 0 spiro atoms. The quantitative estimate of drug-likeness (QED) is 0.518. The van der Waals surface area contributed by atoms with Gasteiger partial charge in [-0.1, -0.05) is 23.7 Å². The number of nitrogens with zero attached hydrogens (tertiary/aromatic N) is 6. The van der Waals surface area contributed by atoms with Crippen molar-refractivity contribution in [3.8, 4) is 11.5 Å². The summed E-state index contributed by atoms with van der Waals surface area (Å²) >= 11 is 5.96. The van der Waals surface area contributed by atoms with Gasteiger partial charge in [-0.2, -0.15) is 0 Å². The Hall–Kier alpha value is -3.67. The topological polar surface area (TPSA) is 137 Å². The molecule has 0 bridgehead atoms. The second-order valence-corrected chi connectivity index (χ2v) is 8.28. The number of ether oxygens (including phenoxy) is 1. The Balaban J connectivity index is 1.46. The Kier molecular flexibility index (Phi) is 5.93. The second kappa shape index (κ2) is 8.70. The van der Waals surface area contributed by atoms with Crippen molar-refractivity contribution in [1.29, 1.82) is 0 Å². The normalized spacial score (nSPS) is 14.9. The number of rotatable bonds is 6. The molecule has 3 heterocycles. The number of carbonyl (C=O) groups is 2. The number of aryl methyl sites for hydroxylation is 1. The van der Waals surface area contributed by atoms with E-state index in [2.05, 4.69) is 35.9 Å². The lowest BCUT2D eigenvalue weighted by Gasteiger charge is -2.15. The number of hydrogen-bond acceptors (Lipinski definition) is 8. The van der Waals surface area contributed by atoms with Crippen molar-refractivity contribution in [3.63, 3.8) is 0 Å². The predicted octanol–water partition coefficient (Wildman–Crippen LogP) is 3.51. The number of aromatic nitrogens is 6. The van der Waals surface area contributed by atoms with Crippen molar-refractivity contribution in [3.05, 3.63) is 41.2 Å². The molecule has 0 unspecified atom stereocenters. The molecule has 1 aliphatic rings. The number of pyridine rings is 1. The zero-order chi connectivity index (χ0) is 23.8. The van der Waals surface area contributed by atoms with Crippen molar-refractivity contribution in [2.24, 2.45) is 12.5 Å². The molecular weight excluding hydrogens is 455 g/mol. The Morgan fingerprint density at radius 2 is 1.91 bits per heavy atom. The van der Waals surface area contributed by atoms with E-state index in [9.17, 15) is 14.0 Å². The van der Waals surface area contributed by atoms with E-state index in [0.29, 0.717) is 5.69 Å². The Bertz CT molecular complexity index is 1210. The molecule has 1 saturated carbocycles. The van der Waals surface area contributed by atoms with Crippen molar-refractivity contribution in [1.82, 2.24) is 29.9 Å². The molecule has 172 valence electrons. The first-order valence-corrected chi connectivity index (χ1v) is 10.4. The Labute approximate surface area is 192 Å². The van der Waals surface area contributed by atoms with Gasteiger partial charge in [0, 0.05) is 18.0 Å². The lowest BCUT2D eigenvalue weighted by atomic mass is 10.1. The van der Waals surface area contributed by atoms with E-state index in [1.54, 1.807) is 7.05 Å². The van der Waals surface area contributed by atoms with Gasteiger partial charge in [0.25, 0.3) is 0 Å². The summed E-state index contributed by atoms with van der Waals surface area (Å²) in [5.41, 5.74) is 0.532. The van der Waals surface area contributed by atoms with E-state index in [1.165, 1.54) is 24.0 Å². The first-order chi connectivity index (χ1) is 15.7. The fourth-order valence-electron chi connectivity index (χ4n) is 2.93. The Morgan fingerprint density at radius 3 is 2.58 bits per heavy atom. The van der Waals surface area contributed by atoms with E-state index in [0.717, 1.165) is 25.1 Å². The Morgan fingerprint density at radius 1 is 1.21 bits per heavy atom. The first-order valence-electron chi connectivity index (χ1n) is 9.98. The van der Waals surface area contributed by atoms with Crippen molar-refractivity contribution in [2.45, 2.75) is 32.8 Å². The molecule has 2 amide bonds. The van der Waals surface area contributed by atoms with Crippen molar-refractivity contribution in [2.75, 3.05) is 10.6 Å².